The minimum absolute atomic E-state index is 0.0304. The van der Waals surface area contributed by atoms with Gasteiger partial charge in [0, 0.05) is 5.69 Å². The Morgan fingerprint density at radius 2 is 1.71 bits per heavy atom. The molecule has 0 saturated heterocycles. The Hall–Kier alpha value is -1.91. The van der Waals surface area contributed by atoms with E-state index in [0.717, 1.165) is 5.69 Å². The van der Waals surface area contributed by atoms with Crippen molar-refractivity contribution in [1.29, 1.82) is 10.5 Å². The molecule has 0 aromatic heterocycles. The van der Waals surface area contributed by atoms with Gasteiger partial charge in [0.1, 0.15) is 12.1 Å². The molecule has 0 bridgehead atoms. The van der Waals surface area contributed by atoms with Crippen LogP contribution in [0.1, 0.15) is 0 Å². The number of nitriles is 2. The summed E-state index contributed by atoms with van der Waals surface area (Å²) in [5.74, 6) is 0. The monoisotopic (exact) mass is 201 g/mol. The van der Waals surface area contributed by atoms with E-state index in [2.05, 4.69) is 17.9 Å². The van der Waals surface area contributed by atoms with E-state index in [-0.39, 0.29) is 10.6 Å². The number of anilines is 1. The third-order valence-electron chi connectivity index (χ3n) is 1.50. The number of hydrogen-bond acceptors (Lipinski definition) is 4. The summed E-state index contributed by atoms with van der Waals surface area (Å²) in [4.78, 5) is 0. The zero-order valence-corrected chi connectivity index (χ0v) is 8.12. The summed E-state index contributed by atoms with van der Waals surface area (Å²) >= 11 is 4.02. The molecule has 0 heterocycles. The molecular formula is C10H7N3S. The zero-order chi connectivity index (χ0) is 10.4. The first-order chi connectivity index (χ1) is 6.77. The Labute approximate surface area is 87.7 Å². The van der Waals surface area contributed by atoms with Gasteiger partial charge in [-0.1, -0.05) is 18.2 Å². The van der Waals surface area contributed by atoms with E-state index in [9.17, 15) is 0 Å². The van der Waals surface area contributed by atoms with Gasteiger partial charge in [-0.15, -0.1) is 12.6 Å². The minimum Gasteiger partial charge on any atom is -0.349 e. The van der Waals surface area contributed by atoms with Crippen LogP contribution in [0.4, 0.5) is 5.69 Å². The highest BCUT2D eigenvalue weighted by Crippen LogP contribution is 2.13. The second-order valence-corrected chi connectivity index (χ2v) is 2.89. The first kappa shape index (κ1) is 10.2. The maximum Gasteiger partial charge on any atom is 0.159 e. The van der Waals surface area contributed by atoms with Crippen molar-refractivity contribution >= 4 is 18.3 Å². The molecule has 14 heavy (non-hydrogen) atoms. The first-order valence-electron chi connectivity index (χ1n) is 3.83. The quantitative estimate of drug-likeness (QED) is 0.570. The summed E-state index contributed by atoms with van der Waals surface area (Å²) in [6.07, 6.45) is 0. The number of benzene rings is 1. The van der Waals surface area contributed by atoms with Gasteiger partial charge in [-0.2, -0.15) is 10.5 Å². The summed E-state index contributed by atoms with van der Waals surface area (Å²) in [5.41, 5.74) is 0.762. The van der Waals surface area contributed by atoms with Crippen LogP contribution in [-0.4, -0.2) is 0 Å². The van der Waals surface area contributed by atoms with Crippen molar-refractivity contribution in [1.82, 2.24) is 0 Å². The fourth-order valence-corrected chi connectivity index (χ4v) is 1.08. The normalized spacial score (nSPS) is 8.21. The fourth-order valence-electron chi connectivity index (χ4n) is 0.852. The lowest BCUT2D eigenvalue weighted by atomic mass is 10.3. The average molecular weight is 201 g/mol. The lowest BCUT2D eigenvalue weighted by Gasteiger charge is -2.04. The van der Waals surface area contributed by atoms with Crippen LogP contribution in [-0.2, 0) is 0 Å². The van der Waals surface area contributed by atoms with Gasteiger partial charge in [0.05, 0.1) is 5.03 Å². The maximum absolute atomic E-state index is 8.56. The molecule has 0 saturated carbocycles. The number of allylic oxidation sites excluding steroid dienone is 1. The summed E-state index contributed by atoms with van der Waals surface area (Å²) < 4.78 is 0. The maximum atomic E-state index is 8.56. The van der Waals surface area contributed by atoms with Gasteiger partial charge in [0.15, 0.2) is 5.57 Å². The molecule has 1 rings (SSSR count). The van der Waals surface area contributed by atoms with Crippen molar-refractivity contribution in [2.75, 3.05) is 5.32 Å². The fraction of sp³-hybridized carbons (Fsp3) is 0. The molecular weight excluding hydrogens is 194 g/mol. The van der Waals surface area contributed by atoms with Crippen molar-refractivity contribution in [3.8, 4) is 12.1 Å². The smallest absolute Gasteiger partial charge is 0.159 e. The Balaban J connectivity index is 2.87. The molecule has 0 radical (unpaired) electrons. The van der Waals surface area contributed by atoms with Crippen molar-refractivity contribution in [2.45, 2.75) is 0 Å². The molecule has 0 aliphatic carbocycles. The summed E-state index contributed by atoms with van der Waals surface area (Å²) in [5, 5.41) is 20.2. The third-order valence-corrected chi connectivity index (χ3v) is 1.83. The number of hydrogen-bond donors (Lipinski definition) is 2. The molecule has 0 atom stereocenters. The minimum atomic E-state index is -0.0304. The van der Waals surface area contributed by atoms with Gasteiger partial charge in [-0.05, 0) is 12.1 Å². The molecule has 0 amide bonds. The molecule has 3 nitrogen and oxygen atoms in total. The summed E-state index contributed by atoms with van der Waals surface area (Å²) in [7, 11) is 0. The molecule has 0 aliphatic rings. The molecule has 0 unspecified atom stereocenters. The van der Waals surface area contributed by atoms with Crippen LogP contribution in [0.25, 0.3) is 0 Å². The van der Waals surface area contributed by atoms with Gasteiger partial charge in [0.2, 0.25) is 0 Å². The van der Waals surface area contributed by atoms with E-state index in [1.807, 2.05) is 30.3 Å². The van der Waals surface area contributed by atoms with Crippen LogP contribution < -0.4 is 5.32 Å². The van der Waals surface area contributed by atoms with Gasteiger partial charge in [0.25, 0.3) is 0 Å². The largest absolute Gasteiger partial charge is 0.349 e. The van der Waals surface area contributed by atoms with Crippen molar-refractivity contribution in [3.05, 3.63) is 40.9 Å². The molecule has 68 valence electrons. The molecule has 1 N–H and O–H groups in total. The Kier molecular flexibility index (Phi) is 3.60. The Morgan fingerprint density at radius 3 is 2.21 bits per heavy atom. The van der Waals surface area contributed by atoms with Crippen molar-refractivity contribution in [2.24, 2.45) is 0 Å². The highest BCUT2D eigenvalue weighted by molar-refractivity contribution is 7.84. The number of rotatable bonds is 2. The second kappa shape index (κ2) is 4.96. The van der Waals surface area contributed by atoms with Gasteiger partial charge in [-0.3, -0.25) is 0 Å². The van der Waals surface area contributed by atoms with E-state index in [4.69, 9.17) is 10.5 Å². The number of nitrogens with one attached hydrogen (secondary N) is 1. The molecule has 0 fully saturated rings. The average Bonchev–Trinajstić information content (AvgIpc) is 2.21. The highest BCUT2D eigenvalue weighted by Gasteiger charge is 2.00. The topological polar surface area (TPSA) is 59.6 Å². The van der Waals surface area contributed by atoms with Gasteiger partial charge in [-0.25, -0.2) is 0 Å². The Bertz CT molecular complexity index is 407. The van der Waals surface area contributed by atoms with Gasteiger partial charge < -0.3 is 5.32 Å². The van der Waals surface area contributed by atoms with Crippen LogP contribution in [0.5, 0.6) is 0 Å². The number of nitrogens with zero attached hydrogens (tertiary/aromatic N) is 2. The van der Waals surface area contributed by atoms with Crippen molar-refractivity contribution < 1.29 is 0 Å². The number of thiol groups is 1. The molecule has 4 heteroatoms. The van der Waals surface area contributed by atoms with E-state index in [1.165, 1.54) is 0 Å². The SMILES string of the molecule is N#CC(C#N)=C(S)Nc1ccccc1. The van der Waals surface area contributed by atoms with E-state index < -0.39 is 0 Å². The van der Waals surface area contributed by atoms with Crippen LogP contribution >= 0.6 is 12.6 Å². The lowest BCUT2D eigenvalue weighted by Crippen LogP contribution is -1.95. The zero-order valence-electron chi connectivity index (χ0n) is 7.23. The summed E-state index contributed by atoms with van der Waals surface area (Å²) in [6.45, 7) is 0. The first-order valence-corrected chi connectivity index (χ1v) is 4.28. The van der Waals surface area contributed by atoms with E-state index in [1.54, 1.807) is 12.1 Å². The van der Waals surface area contributed by atoms with Crippen LogP contribution in [0, 0.1) is 22.7 Å². The Morgan fingerprint density at radius 1 is 1.14 bits per heavy atom. The van der Waals surface area contributed by atoms with E-state index in [0.29, 0.717) is 0 Å². The molecule has 1 aromatic rings. The predicted molar refractivity (Wildman–Crippen MR) is 57.3 cm³/mol. The van der Waals surface area contributed by atoms with Crippen LogP contribution in [0.3, 0.4) is 0 Å². The summed E-state index contributed by atoms with van der Waals surface area (Å²) in [6, 6.07) is 12.7. The molecule has 0 aliphatic heterocycles. The van der Waals surface area contributed by atoms with E-state index >= 15 is 0 Å². The standard InChI is InChI=1S/C10H7N3S/c11-6-8(7-12)10(14)13-9-4-2-1-3-5-9/h1-5,13-14H. The predicted octanol–water partition coefficient (Wildman–Crippen LogP) is 2.29. The number of para-hydroxylation sites is 1. The third kappa shape index (κ3) is 2.55. The highest BCUT2D eigenvalue weighted by atomic mass is 32.1. The van der Waals surface area contributed by atoms with Crippen molar-refractivity contribution in [3.63, 3.8) is 0 Å². The second-order valence-electron chi connectivity index (χ2n) is 2.44. The van der Waals surface area contributed by atoms with Crippen LogP contribution in [0.2, 0.25) is 0 Å². The lowest BCUT2D eigenvalue weighted by molar-refractivity contribution is 1.43. The molecule has 1 aromatic carbocycles. The van der Waals surface area contributed by atoms with Gasteiger partial charge >= 0.3 is 0 Å². The van der Waals surface area contributed by atoms with Crippen LogP contribution in [0.15, 0.2) is 40.9 Å². The molecule has 0 spiro atoms.